The highest BCUT2D eigenvalue weighted by Crippen LogP contribution is 2.21. The van der Waals surface area contributed by atoms with Gasteiger partial charge in [-0.2, -0.15) is 5.10 Å². The monoisotopic (exact) mass is 352 g/mol. The van der Waals surface area contributed by atoms with Crippen molar-refractivity contribution in [1.29, 1.82) is 0 Å². The molecule has 0 saturated carbocycles. The molecule has 0 aliphatic carbocycles. The summed E-state index contributed by atoms with van der Waals surface area (Å²) in [6.07, 6.45) is 1.71. The summed E-state index contributed by atoms with van der Waals surface area (Å²) in [4.78, 5) is 28.0. The van der Waals surface area contributed by atoms with Gasteiger partial charge in [-0.05, 0) is 51.1 Å². The van der Waals surface area contributed by atoms with Crippen LogP contribution < -0.4 is 16.4 Å². The lowest BCUT2D eigenvalue weighted by Crippen LogP contribution is -2.19. The van der Waals surface area contributed by atoms with E-state index in [1.165, 1.54) is 0 Å². The Labute approximate surface area is 150 Å². The number of aromatic nitrogens is 3. The first-order valence-electron chi connectivity index (χ1n) is 8.18. The zero-order chi connectivity index (χ0) is 18.8. The fraction of sp³-hybridized carbons (Fsp3) is 0.222. The minimum Gasteiger partial charge on any atom is -0.351 e. The number of hydrogen-bond donors (Lipinski definition) is 3. The third-order valence-corrected chi connectivity index (χ3v) is 3.90. The van der Waals surface area contributed by atoms with E-state index in [9.17, 15) is 9.59 Å². The predicted octanol–water partition coefficient (Wildman–Crippen LogP) is 3.06. The second-order valence-electron chi connectivity index (χ2n) is 6.24. The number of fused-ring (bicyclic) bond motifs is 1. The minimum atomic E-state index is -0.640. The number of aryl methyl sites for hydroxylation is 1. The summed E-state index contributed by atoms with van der Waals surface area (Å²) >= 11 is 0. The first kappa shape index (κ1) is 17.4. The average Bonchev–Trinajstić information content (AvgIpc) is 2.98. The molecule has 0 aliphatic rings. The summed E-state index contributed by atoms with van der Waals surface area (Å²) in [5.41, 5.74) is 8.09. The number of anilines is 2. The van der Waals surface area contributed by atoms with Crippen LogP contribution in [0.4, 0.5) is 16.2 Å². The van der Waals surface area contributed by atoms with Crippen LogP contribution in [0.1, 0.15) is 35.9 Å². The first-order valence-corrected chi connectivity index (χ1v) is 8.18. The van der Waals surface area contributed by atoms with Gasteiger partial charge in [0.25, 0.3) is 5.91 Å². The van der Waals surface area contributed by atoms with E-state index in [2.05, 4.69) is 20.7 Å². The number of nitrogens with zero attached hydrogens (tertiary/aromatic N) is 3. The van der Waals surface area contributed by atoms with Gasteiger partial charge in [-0.1, -0.05) is 0 Å². The molecule has 4 N–H and O–H groups in total. The number of carbonyl (C=O) groups excluding carboxylic acids is 2. The molecule has 1 aromatic carbocycles. The summed E-state index contributed by atoms with van der Waals surface area (Å²) in [6, 6.07) is 8.01. The Balaban J connectivity index is 1.83. The first-order chi connectivity index (χ1) is 12.3. The van der Waals surface area contributed by atoms with Crippen molar-refractivity contribution in [1.82, 2.24) is 14.8 Å². The summed E-state index contributed by atoms with van der Waals surface area (Å²) in [5.74, 6) is -0.259. The molecular formula is C18H20N6O2. The van der Waals surface area contributed by atoms with Gasteiger partial charge in [0.15, 0.2) is 5.65 Å². The lowest BCUT2D eigenvalue weighted by Gasteiger charge is -2.10. The van der Waals surface area contributed by atoms with Gasteiger partial charge in [0, 0.05) is 22.8 Å². The van der Waals surface area contributed by atoms with Crippen LogP contribution in [0.25, 0.3) is 11.0 Å². The summed E-state index contributed by atoms with van der Waals surface area (Å²) in [5, 5.41) is 10.4. The molecule has 0 radical (unpaired) electrons. The lowest BCUT2D eigenvalue weighted by atomic mass is 10.1. The Bertz CT molecular complexity index is 975. The van der Waals surface area contributed by atoms with E-state index in [0.29, 0.717) is 22.6 Å². The Kier molecular flexibility index (Phi) is 4.57. The number of primary amides is 1. The van der Waals surface area contributed by atoms with Crippen molar-refractivity contribution in [2.45, 2.75) is 26.8 Å². The normalized spacial score (nSPS) is 10.9. The van der Waals surface area contributed by atoms with E-state index in [0.717, 1.165) is 11.0 Å². The van der Waals surface area contributed by atoms with E-state index < -0.39 is 6.03 Å². The lowest BCUT2D eigenvalue weighted by molar-refractivity contribution is 0.102. The summed E-state index contributed by atoms with van der Waals surface area (Å²) < 4.78 is 1.83. The van der Waals surface area contributed by atoms with Gasteiger partial charge in [-0.3, -0.25) is 4.79 Å². The summed E-state index contributed by atoms with van der Waals surface area (Å²) in [7, 11) is 0. The van der Waals surface area contributed by atoms with Crippen LogP contribution in [0.5, 0.6) is 0 Å². The SMILES string of the molecule is Cc1nc2c(cnn2C(C)C)cc1C(=O)Nc1ccc(NC(N)=O)cc1. The zero-order valence-corrected chi connectivity index (χ0v) is 14.8. The van der Waals surface area contributed by atoms with E-state index >= 15 is 0 Å². The van der Waals surface area contributed by atoms with Gasteiger partial charge >= 0.3 is 6.03 Å². The van der Waals surface area contributed by atoms with Gasteiger partial charge < -0.3 is 16.4 Å². The maximum absolute atomic E-state index is 12.6. The molecule has 3 rings (SSSR count). The number of nitrogens with two attached hydrogens (primary N) is 1. The molecule has 134 valence electrons. The van der Waals surface area contributed by atoms with Crippen LogP contribution in [-0.2, 0) is 0 Å². The molecule has 3 aromatic rings. The molecule has 2 aromatic heterocycles. The van der Waals surface area contributed by atoms with Crippen molar-refractivity contribution in [3.63, 3.8) is 0 Å². The van der Waals surface area contributed by atoms with Crippen LogP contribution in [0, 0.1) is 6.92 Å². The van der Waals surface area contributed by atoms with Gasteiger partial charge in [0.1, 0.15) is 0 Å². The molecule has 0 spiro atoms. The topological polar surface area (TPSA) is 115 Å². The minimum absolute atomic E-state index is 0.187. The molecule has 8 heteroatoms. The number of benzene rings is 1. The molecule has 0 aliphatic heterocycles. The Hall–Kier alpha value is -3.42. The third-order valence-electron chi connectivity index (χ3n) is 3.90. The Morgan fingerprint density at radius 2 is 1.73 bits per heavy atom. The third kappa shape index (κ3) is 3.49. The van der Waals surface area contributed by atoms with Crippen molar-refractivity contribution in [2.24, 2.45) is 5.73 Å². The van der Waals surface area contributed by atoms with Gasteiger partial charge in [-0.15, -0.1) is 0 Å². The number of rotatable bonds is 4. The number of urea groups is 1. The number of carbonyl (C=O) groups is 2. The molecular weight excluding hydrogens is 332 g/mol. The zero-order valence-electron chi connectivity index (χ0n) is 14.8. The van der Waals surface area contributed by atoms with Crippen LogP contribution in [0.3, 0.4) is 0 Å². The van der Waals surface area contributed by atoms with E-state index in [1.807, 2.05) is 18.5 Å². The largest absolute Gasteiger partial charge is 0.351 e. The predicted molar refractivity (Wildman–Crippen MR) is 100 cm³/mol. The van der Waals surface area contributed by atoms with Crippen molar-refractivity contribution < 1.29 is 9.59 Å². The molecule has 2 heterocycles. The van der Waals surface area contributed by atoms with Crippen LogP contribution in [0.2, 0.25) is 0 Å². The molecule has 0 fully saturated rings. The number of hydrogen-bond acceptors (Lipinski definition) is 4. The van der Waals surface area contributed by atoms with Gasteiger partial charge in [-0.25, -0.2) is 14.5 Å². The summed E-state index contributed by atoms with van der Waals surface area (Å²) in [6.45, 7) is 5.85. The highest BCUT2D eigenvalue weighted by molar-refractivity contribution is 6.06. The standard InChI is InChI=1S/C18H20N6O2/c1-10(2)24-16-12(9-20-24)8-15(11(3)21-16)17(25)22-13-4-6-14(7-5-13)23-18(19)26/h4-10H,1-3H3,(H,22,25)(H3,19,23,26). The smallest absolute Gasteiger partial charge is 0.316 e. The Morgan fingerprint density at radius 1 is 1.12 bits per heavy atom. The average molecular weight is 352 g/mol. The van der Waals surface area contributed by atoms with Crippen LogP contribution >= 0.6 is 0 Å². The highest BCUT2D eigenvalue weighted by Gasteiger charge is 2.15. The van der Waals surface area contributed by atoms with E-state index in [1.54, 1.807) is 43.5 Å². The van der Waals surface area contributed by atoms with Gasteiger partial charge in [0.05, 0.1) is 17.5 Å². The fourth-order valence-corrected chi connectivity index (χ4v) is 2.65. The number of nitrogens with one attached hydrogen (secondary N) is 2. The molecule has 0 unspecified atom stereocenters. The van der Waals surface area contributed by atoms with Gasteiger partial charge in [0.2, 0.25) is 0 Å². The van der Waals surface area contributed by atoms with Crippen LogP contribution in [-0.4, -0.2) is 26.7 Å². The molecule has 8 nitrogen and oxygen atoms in total. The molecule has 0 atom stereocenters. The van der Waals surface area contributed by atoms with Crippen molar-refractivity contribution in [3.05, 3.63) is 47.8 Å². The van der Waals surface area contributed by atoms with Crippen molar-refractivity contribution in [3.8, 4) is 0 Å². The van der Waals surface area contributed by atoms with Crippen molar-refractivity contribution in [2.75, 3.05) is 10.6 Å². The maximum atomic E-state index is 12.6. The van der Waals surface area contributed by atoms with Crippen molar-refractivity contribution >= 4 is 34.3 Å². The van der Waals surface area contributed by atoms with Crippen LogP contribution in [0.15, 0.2) is 36.5 Å². The quantitative estimate of drug-likeness (QED) is 0.669. The maximum Gasteiger partial charge on any atom is 0.316 e. The highest BCUT2D eigenvalue weighted by atomic mass is 16.2. The second-order valence-corrected chi connectivity index (χ2v) is 6.24. The van der Waals surface area contributed by atoms with E-state index in [-0.39, 0.29) is 11.9 Å². The fourth-order valence-electron chi connectivity index (χ4n) is 2.65. The number of amides is 3. The molecule has 26 heavy (non-hydrogen) atoms. The van der Waals surface area contributed by atoms with E-state index in [4.69, 9.17) is 5.73 Å². The number of pyridine rings is 1. The second kappa shape index (κ2) is 6.83. The molecule has 0 bridgehead atoms. The Morgan fingerprint density at radius 3 is 2.31 bits per heavy atom. The molecule has 3 amide bonds. The molecule has 0 saturated heterocycles.